The molecule has 2 heteroatoms. The van der Waals surface area contributed by atoms with Crippen molar-refractivity contribution in [3.8, 4) is 0 Å². The lowest BCUT2D eigenvalue weighted by molar-refractivity contribution is 0.271. The van der Waals surface area contributed by atoms with Crippen molar-refractivity contribution in [2.45, 2.75) is 70.5 Å². The van der Waals surface area contributed by atoms with Crippen molar-refractivity contribution in [2.75, 3.05) is 6.61 Å². The van der Waals surface area contributed by atoms with Gasteiger partial charge in [0.25, 0.3) is 0 Å². The molecule has 0 aliphatic rings. The number of halogens is 1. The average Bonchev–Trinajstić information content (AvgIpc) is 2.30. The summed E-state index contributed by atoms with van der Waals surface area (Å²) in [5.74, 6) is 1.63. The summed E-state index contributed by atoms with van der Waals surface area (Å²) in [5, 5.41) is 8.76. The Morgan fingerprint density at radius 3 is 2.00 bits per heavy atom. The zero-order valence-corrected chi connectivity index (χ0v) is 12.8. The number of hydrogen-bond donors (Lipinski definition) is 1. The van der Waals surface area contributed by atoms with Gasteiger partial charge in [-0.3, -0.25) is 0 Å². The van der Waals surface area contributed by atoms with E-state index in [0.29, 0.717) is 11.4 Å². The highest BCUT2D eigenvalue weighted by Gasteiger charge is 2.09. The zero-order chi connectivity index (χ0) is 12.4. The summed E-state index contributed by atoms with van der Waals surface area (Å²) in [7, 11) is 0. The normalized spacial score (nSPS) is 17.1. The van der Waals surface area contributed by atoms with Crippen LogP contribution >= 0.6 is 15.9 Å². The molecule has 0 aromatic carbocycles. The molecule has 0 amide bonds. The predicted octanol–water partition coefficient (Wildman–Crippen LogP) is 4.77. The van der Waals surface area contributed by atoms with Crippen LogP contribution in [-0.2, 0) is 0 Å². The van der Waals surface area contributed by atoms with Crippen LogP contribution in [-0.4, -0.2) is 16.5 Å². The van der Waals surface area contributed by atoms with E-state index in [9.17, 15) is 0 Å². The molecule has 0 saturated carbocycles. The van der Waals surface area contributed by atoms with Crippen molar-refractivity contribution in [2.24, 2.45) is 11.8 Å². The first-order chi connectivity index (χ1) is 7.60. The van der Waals surface area contributed by atoms with Gasteiger partial charge in [0.1, 0.15) is 0 Å². The minimum absolute atomic E-state index is 0.343. The maximum Gasteiger partial charge on any atom is 0.0431 e. The van der Waals surface area contributed by atoms with E-state index < -0.39 is 0 Å². The molecule has 0 heterocycles. The lowest BCUT2D eigenvalue weighted by Gasteiger charge is -2.15. The predicted molar refractivity (Wildman–Crippen MR) is 76.1 cm³/mol. The van der Waals surface area contributed by atoms with Crippen LogP contribution in [0.25, 0.3) is 0 Å². The fourth-order valence-corrected chi connectivity index (χ4v) is 2.39. The van der Waals surface area contributed by atoms with Gasteiger partial charge in [-0.05, 0) is 50.4 Å². The second-order valence-corrected chi connectivity index (χ2v) is 6.53. The third-order valence-electron chi connectivity index (χ3n) is 3.50. The fourth-order valence-electron chi connectivity index (χ4n) is 1.86. The molecule has 1 nitrogen and oxygen atoms in total. The highest BCUT2D eigenvalue weighted by Crippen LogP contribution is 2.22. The summed E-state index contributed by atoms with van der Waals surface area (Å²) >= 11 is 3.78. The van der Waals surface area contributed by atoms with Gasteiger partial charge in [0.15, 0.2) is 0 Å². The first-order valence-corrected chi connectivity index (χ1v) is 7.76. The van der Waals surface area contributed by atoms with Crippen molar-refractivity contribution in [1.29, 1.82) is 0 Å². The summed E-state index contributed by atoms with van der Waals surface area (Å²) in [6.45, 7) is 7.24. The molecule has 0 aliphatic carbocycles. The Morgan fingerprint density at radius 2 is 1.50 bits per heavy atom. The van der Waals surface area contributed by atoms with Crippen molar-refractivity contribution in [3.63, 3.8) is 0 Å². The Kier molecular flexibility index (Phi) is 10.9. The molecule has 0 fully saturated rings. The summed E-state index contributed by atoms with van der Waals surface area (Å²) in [6, 6.07) is 0. The number of aliphatic hydroxyl groups is 1. The molecule has 0 aliphatic heterocycles. The molecule has 1 N–H and O–H groups in total. The lowest BCUT2D eigenvalue weighted by atomic mass is 9.96. The SMILES string of the molecule is CCC(C)CC[C@H](Br)CC[C@@H](C)CCCO. The van der Waals surface area contributed by atoms with E-state index >= 15 is 0 Å². The summed E-state index contributed by atoms with van der Waals surface area (Å²) in [6.07, 6.45) is 8.65. The van der Waals surface area contributed by atoms with Crippen molar-refractivity contribution >= 4 is 15.9 Å². The number of aliphatic hydroxyl groups excluding tert-OH is 1. The second-order valence-electron chi connectivity index (χ2n) is 5.24. The molecule has 3 atom stereocenters. The van der Waals surface area contributed by atoms with E-state index in [0.717, 1.165) is 18.3 Å². The zero-order valence-electron chi connectivity index (χ0n) is 11.2. The largest absolute Gasteiger partial charge is 0.396 e. The first-order valence-electron chi connectivity index (χ1n) is 6.85. The van der Waals surface area contributed by atoms with Crippen LogP contribution in [0.1, 0.15) is 65.7 Å². The van der Waals surface area contributed by atoms with Gasteiger partial charge >= 0.3 is 0 Å². The van der Waals surface area contributed by atoms with Crippen LogP contribution in [0.3, 0.4) is 0 Å². The molecule has 0 aromatic rings. The third kappa shape index (κ3) is 9.65. The van der Waals surface area contributed by atoms with Gasteiger partial charge in [-0.25, -0.2) is 0 Å². The van der Waals surface area contributed by atoms with Crippen LogP contribution in [0.15, 0.2) is 0 Å². The van der Waals surface area contributed by atoms with Crippen LogP contribution in [0.5, 0.6) is 0 Å². The summed E-state index contributed by atoms with van der Waals surface area (Å²) in [4.78, 5) is 0.693. The van der Waals surface area contributed by atoms with Gasteiger partial charge in [0.05, 0.1) is 0 Å². The second kappa shape index (κ2) is 10.6. The van der Waals surface area contributed by atoms with Crippen LogP contribution in [0, 0.1) is 11.8 Å². The molecular formula is C14H29BrO. The van der Waals surface area contributed by atoms with Gasteiger partial charge in [-0.1, -0.05) is 43.1 Å². The topological polar surface area (TPSA) is 20.2 Å². The van der Waals surface area contributed by atoms with Crippen molar-refractivity contribution in [3.05, 3.63) is 0 Å². The molecule has 0 rings (SSSR count). The molecule has 0 spiro atoms. The summed E-state index contributed by atoms with van der Waals surface area (Å²) < 4.78 is 0. The average molecular weight is 293 g/mol. The quantitative estimate of drug-likeness (QED) is 0.575. The van der Waals surface area contributed by atoms with Gasteiger partial charge in [0, 0.05) is 11.4 Å². The number of hydrogen-bond acceptors (Lipinski definition) is 1. The maximum absolute atomic E-state index is 8.76. The number of alkyl halides is 1. The van der Waals surface area contributed by atoms with Crippen LogP contribution < -0.4 is 0 Å². The molecule has 0 aromatic heterocycles. The fraction of sp³-hybridized carbons (Fsp3) is 1.00. The van der Waals surface area contributed by atoms with E-state index in [1.165, 1.54) is 38.5 Å². The Balaban J connectivity index is 3.45. The van der Waals surface area contributed by atoms with E-state index in [1.807, 2.05) is 0 Å². The van der Waals surface area contributed by atoms with Gasteiger partial charge in [-0.2, -0.15) is 0 Å². The van der Waals surface area contributed by atoms with E-state index in [4.69, 9.17) is 5.11 Å². The highest BCUT2D eigenvalue weighted by atomic mass is 79.9. The highest BCUT2D eigenvalue weighted by molar-refractivity contribution is 9.09. The molecule has 98 valence electrons. The van der Waals surface area contributed by atoms with E-state index in [1.54, 1.807) is 0 Å². The lowest BCUT2D eigenvalue weighted by Crippen LogP contribution is -2.05. The monoisotopic (exact) mass is 292 g/mol. The van der Waals surface area contributed by atoms with Crippen LogP contribution in [0.4, 0.5) is 0 Å². The molecule has 0 bridgehead atoms. The third-order valence-corrected chi connectivity index (χ3v) is 4.41. The molecular weight excluding hydrogens is 264 g/mol. The van der Waals surface area contributed by atoms with Gasteiger partial charge in [-0.15, -0.1) is 0 Å². The number of rotatable bonds is 10. The van der Waals surface area contributed by atoms with E-state index in [2.05, 4.69) is 36.7 Å². The molecule has 0 radical (unpaired) electrons. The summed E-state index contributed by atoms with van der Waals surface area (Å²) in [5.41, 5.74) is 0. The minimum atomic E-state index is 0.343. The Hall–Kier alpha value is 0.440. The van der Waals surface area contributed by atoms with Gasteiger partial charge < -0.3 is 5.11 Å². The minimum Gasteiger partial charge on any atom is -0.396 e. The van der Waals surface area contributed by atoms with E-state index in [-0.39, 0.29) is 0 Å². The molecule has 1 unspecified atom stereocenters. The smallest absolute Gasteiger partial charge is 0.0431 e. The Labute approximate surface area is 110 Å². The van der Waals surface area contributed by atoms with Crippen molar-refractivity contribution < 1.29 is 5.11 Å². The Bertz CT molecular complexity index is 150. The maximum atomic E-state index is 8.76. The standard InChI is InChI=1S/C14H29BrO/c1-4-12(2)7-9-14(15)10-8-13(3)6-5-11-16/h12-14,16H,4-11H2,1-3H3/t12?,13-,14-/m0/s1. The Morgan fingerprint density at radius 1 is 0.938 bits per heavy atom. The first kappa shape index (κ1) is 16.4. The van der Waals surface area contributed by atoms with Gasteiger partial charge in [0.2, 0.25) is 0 Å². The molecule has 0 saturated heterocycles. The van der Waals surface area contributed by atoms with Crippen LogP contribution in [0.2, 0.25) is 0 Å². The molecule has 16 heavy (non-hydrogen) atoms. The van der Waals surface area contributed by atoms with Crippen molar-refractivity contribution in [1.82, 2.24) is 0 Å².